The summed E-state index contributed by atoms with van der Waals surface area (Å²) in [5.74, 6) is 0. The van der Waals surface area contributed by atoms with Gasteiger partial charge in [-0.2, -0.15) is 0 Å². The average Bonchev–Trinajstić information content (AvgIpc) is 2.71. The van der Waals surface area contributed by atoms with Crippen LogP contribution in [0.15, 0.2) is 53.3 Å². The number of amides is 2. The molecule has 1 fully saturated rings. The lowest BCUT2D eigenvalue weighted by Gasteiger charge is -2.34. The first-order valence-electron chi connectivity index (χ1n) is 10.1. The number of rotatable bonds is 7. The Balaban J connectivity index is 1.60. The molecule has 2 heterocycles. The Labute approximate surface area is 176 Å². The van der Waals surface area contributed by atoms with Crippen molar-refractivity contribution in [2.45, 2.75) is 45.2 Å². The monoisotopic (exact) mass is 444 g/mol. The highest BCUT2D eigenvalue weighted by Gasteiger charge is 2.19. The second-order valence-electron chi connectivity index (χ2n) is 7.45. The molecule has 1 N–H and O–H groups in total. The van der Waals surface area contributed by atoms with Crippen molar-refractivity contribution in [3.63, 3.8) is 0 Å². The SMILES string of the molecule is CC1CCCCN1CCCN(Cc1ccncc1)C(=O)Nc1ccc(Br)cc1. The molecule has 0 spiro atoms. The van der Waals surface area contributed by atoms with E-state index in [1.165, 1.54) is 25.8 Å². The van der Waals surface area contributed by atoms with Gasteiger partial charge in [0.05, 0.1) is 0 Å². The maximum Gasteiger partial charge on any atom is 0.322 e. The van der Waals surface area contributed by atoms with Crippen LogP contribution in [-0.4, -0.2) is 46.5 Å². The Hall–Kier alpha value is -1.92. The Morgan fingerprint density at radius 2 is 1.96 bits per heavy atom. The number of piperidine rings is 1. The summed E-state index contributed by atoms with van der Waals surface area (Å²) >= 11 is 3.43. The number of carbonyl (C=O) groups excluding carboxylic acids is 1. The van der Waals surface area contributed by atoms with Crippen LogP contribution in [-0.2, 0) is 6.54 Å². The summed E-state index contributed by atoms with van der Waals surface area (Å²) in [4.78, 5) is 21.4. The van der Waals surface area contributed by atoms with Gasteiger partial charge in [0.25, 0.3) is 0 Å². The second kappa shape index (κ2) is 10.6. The number of aromatic nitrogens is 1. The van der Waals surface area contributed by atoms with Crippen LogP contribution in [0.5, 0.6) is 0 Å². The predicted octanol–water partition coefficient (Wildman–Crippen LogP) is 5.14. The van der Waals surface area contributed by atoms with E-state index >= 15 is 0 Å². The van der Waals surface area contributed by atoms with Gasteiger partial charge in [0, 0.05) is 48.2 Å². The first kappa shape index (κ1) is 20.8. The number of benzene rings is 1. The highest BCUT2D eigenvalue weighted by molar-refractivity contribution is 9.10. The molecule has 5 nitrogen and oxygen atoms in total. The summed E-state index contributed by atoms with van der Waals surface area (Å²) in [6.45, 7) is 5.85. The average molecular weight is 445 g/mol. The third kappa shape index (κ3) is 6.31. The van der Waals surface area contributed by atoms with Crippen LogP contribution in [0.3, 0.4) is 0 Å². The maximum absolute atomic E-state index is 12.9. The maximum atomic E-state index is 12.9. The number of pyridine rings is 1. The molecular weight excluding hydrogens is 416 g/mol. The molecule has 3 rings (SSSR count). The third-order valence-corrected chi connectivity index (χ3v) is 5.85. The quantitative estimate of drug-likeness (QED) is 0.642. The molecule has 1 aromatic heterocycles. The highest BCUT2D eigenvalue weighted by Crippen LogP contribution is 2.18. The Morgan fingerprint density at radius 3 is 2.68 bits per heavy atom. The van der Waals surface area contributed by atoms with E-state index in [1.807, 2.05) is 41.3 Å². The van der Waals surface area contributed by atoms with Crippen molar-refractivity contribution in [2.24, 2.45) is 0 Å². The molecule has 1 saturated heterocycles. The molecular formula is C22H29BrN4O. The molecule has 150 valence electrons. The van der Waals surface area contributed by atoms with Gasteiger partial charge in [-0.25, -0.2) is 4.79 Å². The van der Waals surface area contributed by atoms with Gasteiger partial charge in [-0.3, -0.25) is 4.98 Å². The van der Waals surface area contributed by atoms with Gasteiger partial charge in [0.15, 0.2) is 0 Å². The molecule has 0 bridgehead atoms. The third-order valence-electron chi connectivity index (χ3n) is 5.32. The van der Waals surface area contributed by atoms with Gasteiger partial charge in [-0.05, 0) is 74.7 Å². The van der Waals surface area contributed by atoms with Crippen LogP contribution in [0.25, 0.3) is 0 Å². The largest absolute Gasteiger partial charge is 0.322 e. The fourth-order valence-electron chi connectivity index (χ4n) is 3.65. The van der Waals surface area contributed by atoms with Gasteiger partial charge in [-0.1, -0.05) is 22.4 Å². The summed E-state index contributed by atoms with van der Waals surface area (Å²) in [6.07, 6.45) is 8.43. The van der Waals surface area contributed by atoms with E-state index in [0.717, 1.165) is 35.2 Å². The van der Waals surface area contributed by atoms with E-state index in [4.69, 9.17) is 0 Å². The molecule has 6 heteroatoms. The van der Waals surface area contributed by atoms with Gasteiger partial charge in [-0.15, -0.1) is 0 Å². The standard InChI is InChI=1S/C22H29BrN4O/c1-18-5-2-3-14-26(18)15-4-16-27(17-19-10-12-24-13-11-19)22(28)25-21-8-6-20(23)7-9-21/h6-13,18H,2-5,14-17H2,1H3,(H,25,28). The molecule has 1 atom stereocenters. The minimum Gasteiger partial charge on any atom is -0.320 e. The van der Waals surface area contributed by atoms with Crippen LogP contribution in [0.2, 0.25) is 0 Å². The van der Waals surface area contributed by atoms with Crippen LogP contribution >= 0.6 is 15.9 Å². The lowest BCUT2D eigenvalue weighted by Crippen LogP contribution is -2.40. The van der Waals surface area contributed by atoms with Crippen molar-refractivity contribution >= 4 is 27.6 Å². The first-order valence-corrected chi connectivity index (χ1v) is 10.9. The van der Waals surface area contributed by atoms with E-state index in [-0.39, 0.29) is 6.03 Å². The summed E-state index contributed by atoms with van der Waals surface area (Å²) in [5.41, 5.74) is 1.89. The van der Waals surface area contributed by atoms with Gasteiger partial charge < -0.3 is 15.1 Å². The minimum absolute atomic E-state index is 0.0640. The van der Waals surface area contributed by atoms with Crippen molar-refractivity contribution in [1.82, 2.24) is 14.8 Å². The normalized spacial score (nSPS) is 17.3. The fraction of sp³-hybridized carbons (Fsp3) is 0.455. The van der Waals surface area contributed by atoms with E-state index in [2.05, 4.69) is 38.1 Å². The topological polar surface area (TPSA) is 48.5 Å². The fourth-order valence-corrected chi connectivity index (χ4v) is 3.92. The molecule has 1 unspecified atom stereocenters. The molecule has 0 saturated carbocycles. The second-order valence-corrected chi connectivity index (χ2v) is 8.36. The van der Waals surface area contributed by atoms with Crippen molar-refractivity contribution in [3.8, 4) is 0 Å². The number of urea groups is 1. The van der Waals surface area contributed by atoms with E-state index < -0.39 is 0 Å². The lowest BCUT2D eigenvalue weighted by molar-refractivity contribution is 0.150. The molecule has 0 aliphatic carbocycles. The van der Waals surface area contributed by atoms with Crippen LogP contribution < -0.4 is 5.32 Å². The Bertz CT molecular complexity index is 738. The molecule has 1 aliphatic rings. The molecule has 0 radical (unpaired) electrons. The zero-order valence-corrected chi connectivity index (χ0v) is 18.1. The summed E-state index contributed by atoms with van der Waals surface area (Å²) in [7, 11) is 0. The number of hydrogen-bond acceptors (Lipinski definition) is 3. The van der Waals surface area contributed by atoms with Crippen LogP contribution in [0, 0.1) is 0 Å². The Morgan fingerprint density at radius 1 is 1.21 bits per heavy atom. The van der Waals surface area contributed by atoms with E-state index in [9.17, 15) is 4.79 Å². The van der Waals surface area contributed by atoms with Crippen molar-refractivity contribution in [3.05, 3.63) is 58.8 Å². The Kier molecular flexibility index (Phi) is 7.86. The highest BCUT2D eigenvalue weighted by atomic mass is 79.9. The number of carbonyl (C=O) groups is 1. The number of likely N-dealkylation sites (tertiary alicyclic amines) is 1. The number of hydrogen-bond donors (Lipinski definition) is 1. The minimum atomic E-state index is -0.0640. The van der Waals surface area contributed by atoms with Gasteiger partial charge in [0.1, 0.15) is 0 Å². The molecule has 2 aromatic rings. The smallest absolute Gasteiger partial charge is 0.320 e. The molecule has 2 amide bonds. The van der Waals surface area contributed by atoms with E-state index in [1.54, 1.807) is 12.4 Å². The summed E-state index contributed by atoms with van der Waals surface area (Å²) < 4.78 is 0.995. The summed E-state index contributed by atoms with van der Waals surface area (Å²) in [6, 6.07) is 12.2. The molecule has 1 aliphatic heterocycles. The number of nitrogens with one attached hydrogen (secondary N) is 1. The zero-order valence-electron chi connectivity index (χ0n) is 16.5. The van der Waals surface area contributed by atoms with Gasteiger partial charge in [0.2, 0.25) is 0 Å². The van der Waals surface area contributed by atoms with E-state index in [0.29, 0.717) is 12.6 Å². The molecule has 1 aromatic carbocycles. The predicted molar refractivity (Wildman–Crippen MR) is 117 cm³/mol. The molecule has 28 heavy (non-hydrogen) atoms. The zero-order chi connectivity index (χ0) is 19.8. The van der Waals surface area contributed by atoms with Gasteiger partial charge >= 0.3 is 6.03 Å². The lowest BCUT2D eigenvalue weighted by atomic mass is 10.0. The van der Waals surface area contributed by atoms with Crippen LogP contribution in [0.1, 0.15) is 38.2 Å². The van der Waals surface area contributed by atoms with Crippen LogP contribution in [0.4, 0.5) is 10.5 Å². The van der Waals surface area contributed by atoms with Crippen molar-refractivity contribution in [2.75, 3.05) is 25.0 Å². The van der Waals surface area contributed by atoms with Crippen molar-refractivity contribution < 1.29 is 4.79 Å². The van der Waals surface area contributed by atoms with Crippen molar-refractivity contribution in [1.29, 1.82) is 0 Å². The first-order chi connectivity index (χ1) is 13.6. The number of nitrogens with zero attached hydrogens (tertiary/aromatic N) is 3. The number of anilines is 1. The summed E-state index contributed by atoms with van der Waals surface area (Å²) in [5, 5.41) is 3.02. The number of halogens is 1.